The van der Waals surface area contributed by atoms with E-state index in [9.17, 15) is 0 Å². The Hall–Kier alpha value is -1.74. The summed E-state index contributed by atoms with van der Waals surface area (Å²) in [5.74, 6) is 0. The van der Waals surface area contributed by atoms with Crippen LogP contribution < -0.4 is 0 Å². The average molecular weight is 226 g/mol. The molecular formula is C13H10N2S. The van der Waals surface area contributed by atoms with E-state index in [2.05, 4.69) is 17.7 Å². The first kappa shape index (κ1) is 9.48. The molecule has 0 amide bonds. The minimum atomic E-state index is 0.923. The smallest absolute Gasteiger partial charge is 0.107 e. The van der Waals surface area contributed by atoms with E-state index in [0.29, 0.717) is 0 Å². The van der Waals surface area contributed by atoms with Crippen LogP contribution in [0.3, 0.4) is 0 Å². The summed E-state index contributed by atoms with van der Waals surface area (Å²) < 4.78 is 1.85. The third kappa shape index (κ3) is 1.41. The van der Waals surface area contributed by atoms with E-state index in [1.165, 1.54) is 0 Å². The van der Waals surface area contributed by atoms with Crippen molar-refractivity contribution in [2.75, 3.05) is 0 Å². The van der Waals surface area contributed by atoms with Crippen LogP contribution in [-0.2, 0) is 0 Å². The normalized spacial score (nSPS) is 10.8. The summed E-state index contributed by atoms with van der Waals surface area (Å²) in [4.78, 5) is 0.923. The van der Waals surface area contributed by atoms with Gasteiger partial charge in [-0.1, -0.05) is 36.4 Å². The van der Waals surface area contributed by atoms with Crippen LogP contribution in [0.25, 0.3) is 16.8 Å². The van der Waals surface area contributed by atoms with Gasteiger partial charge in [-0.2, -0.15) is 5.10 Å². The second kappa shape index (κ2) is 3.68. The second-order valence-electron chi connectivity index (χ2n) is 3.59. The molecular weight excluding hydrogens is 216 g/mol. The quantitative estimate of drug-likeness (QED) is 0.630. The summed E-state index contributed by atoms with van der Waals surface area (Å²) in [6.07, 6.45) is 1.93. The Kier molecular flexibility index (Phi) is 2.18. The fraction of sp³-hybridized carbons (Fsp3) is 0. The summed E-state index contributed by atoms with van der Waals surface area (Å²) in [6, 6.07) is 16.1. The number of benzene rings is 1. The topological polar surface area (TPSA) is 17.3 Å². The van der Waals surface area contributed by atoms with E-state index in [4.69, 9.17) is 0 Å². The minimum absolute atomic E-state index is 0.923. The third-order valence-electron chi connectivity index (χ3n) is 2.56. The molecule has 3 heteroatoms. The van der Waals surface area contributed by atoms with Crippen LogP contribution in [0.1, 0.15) is 0 Å². The molecule has 0 atom stereocenters. The highest BCUT2D eigenvalue weighted by atomic mass is 32.1. The van der Waals surface area contributed by atoms with Crippen LogP contribution in [0.5, 0.6) is 0 Å². The molecule has 0 aliphatic heterocycles. The number of pyridine rings is 1. The number of thiol groups is 1. The van der Waals surface area contributed by atoms with Crippen LogP contribution in [-0.4, -0.2) is 9.61 Å². The molecule has 3 rings (SSSR count). The zero-order chi connectivity index (χ0) is 11.0. The molecule has 2 aromatic heterocycles. The van der Waals surface area contributed by atoms with Crippen LogP contribution in [0.4, 0.5) is 0 Å². The van der Waals surface area contributed by atoms with Crippen molar-refractivity contribution >= 4 is 18.1 Å². The molecule has 0 radical (unpaired) electrons. The summed E-state index contributed by atoms with van der Waals surface area (Å²) in [6.45, 7) is 0. The maximum absolute atomic E-state index is 4.54. The van der Waals surface area contributed by atoms with E-state index in [1.54, 1.807) is 0 Å². The van der Waals surface area contributed by atoms with Crippen molar-refractivity contribution in [3.8, 4) is 11.3 Å². The fourth-order valence-electron chi connectivity index (χ4n) is 1.78. The van der Waals surface area contributed by atoms with Crippen molar-refractivity contribution in [1.29, 1.82) is 0 Å². The average Bonchev–Trinajstić information content (AvgIpc) is 2.69. The van der Waals surface area contributed by atoms with Gasteiger partial charge in [0.2, 0.25) is 0 Å². The van der Waals surface area contributed by atoms with E-state index in [-0.39, 0.29) is 0 Å². The first-order valence-corrected chi connectivity index (χ1v) is 5.53. The Morgan fingerprint density at radius 1 is 0.938 bits per heavy atom. The molecule has 78 valence electrons. The van der Waals surface area contributed by atoms with Gasteiger partial charge in [-0.15, -0.1) is 12.6 Å². The lowest BCUT2D eigenvalue weighted by molar-refractivity contribution is 0.966. The monoisotopic (exact) mass is 226 g/mol. The molecule has 0 aliphatic rings. The summed E-state index contributed by atoms with van der Waals surface area (Å²) in [5.41, 5.74) is 3.05. The van der Waals surface area contributed by atoms with Gasteiger partial charge in [0.05, 0.1) is 10.4 Å². The Balaban J connectivity index is 2.29. The highest BCUT2D eigenvalue weighted by Crippen LogP contribution is 2.28. The van der Waals surface area contributed by atoms with Gasteiger partial charge in [-0.3, -0.25) is 0 Å². The van der Waals surface area contributed by atoms with Crippen LogP contribution in [0.15, 0.2) is 59.6 Å². The van der Waals surface area contributed by atoms with Gasteiger partial charge in [0.15, 0.2) is 0 Å². The van der Waals surface area contributed by atoms with Crippen LogP contribution in [0, 0.1) is 0 Å². The largest absolute Gasteiger partial charge is 0.239 e. The first-order valence-electron chi connectivity index (χ1n) is 5.08. The lowest BCUT2D eigenvalue weighted by Crippen LogP contribution is -1.84. The van der Waals surface area contributed by atoms with Crippen molar-refractivity contribution in [1.82, 2.24) is 9.61 Å². The number of nitrogens with zero attached hydrogens (tertiary/aromatic N) is 2. The minimum Gasteiger partial charge on any atom is -0.239 e. The second-order valence-corrected chi connectivity index (χ2v) is 4.04. The summed E-state index contributed by atoms with van der Waals surface area (Å²) in [7, 11) is 0. The van der Waals surface area contributed by atoms with Crippen molar-refractivity contribution in [2.24, 2.45) is 0 Å². The highest BCUT2D eigenvalue weighted by molar-refractivity contribution is 7.80. The van der Waals surface area contributed by atoms with Crippen molar-refractivity contribution in [2.45, 2.75) is 4.90 Å². The number of fused-ring (bicyclic) bond motifs is 1. The molecule has 3 aromatic rings. The number of rotatable bonds is 1. The van der Waals surface area contributed by atoms with Gasteiger partial charge < -0.3 is 0 Å². The molecule has 0 fully saturated rings. The molecule has 0 bridgehead atoms. The van der Waals surface area contributed by atoms with Crippen LogP contribution >= 0.6 is 12.6 Å². The molecule has 0 N–H and O–H groups in total. The molecule has 0 saturated carbocycles. The van der Waals surface area contributed by atoms with Crippen molar-refractivity contribution in [3.05, 3.63) is 54.7 Å². The van der Waals surface area contributed by atoms with Gasteiger partial charge in [0.25, 0.3) is 0 Å². The predicted octanol–water partition coefficient (Wildman–Crippen LogP) is 3.29. The van der Waals surface area contributed by atoms with E-state index in [1.807, 2.05) is 59.2 Å². The molecule has 2 nitrogen and oxygen atoms in total. The van der Waals surface area contributed by atoms with Crippen molar-refractivity contribution < 1.29 is 0 Å². The Bertz CT molecular complexity index is 629. The van der Waals surface area contributed by atoms with Gasteiger partial charge in [-0.25, -0.2) is 4.52 Å². The molecule has 0 unspecified atom stereocenters. The van der Waals surface area contributed by atoms with Gasteiger partial charge in [0.1, 0.15) is 5.69 Å². The lowest BCUT2D eigenvalue weighted by Gasteiger charge is -1.95. The number of hydrogen-bond acceptors (Lipinski definition) is 2. The Morgan fingerprint density at radius 3 is 2.44 bits per heavy atom. The van der Waals surface area contributed by atoms with Gasteiger partial charge in [0, 0.05) is 11.8 Å². The van der Waals surface area contributed by atoms with Crippen molar-refractivity contribution in [3.63, 3.8) is 0 Å². The first-order chi connectivity index (χ1) is 7.86. The van der Waals surface area contributed by atoms with Gasteiger partial charge >= 0.3 is 0 Å². The Morgan fingerprint density at radius 2 is 1.69 bits per heavy atom. The Labute approximate surface area is 98.9 Å². The maximum Gasteiger partial charge on any atom is 0.107 e. The summed E-state index contributed by atoms with van der Waals surface area (Å²) >= 11 is 4.54. The molecule has 0 aliphatic carbocycles. The molecule has 0 saturated heterocycles. The van der Waals surface area contributed by atoms with E-state index < -0.39 is 0 Å². The molecule has 0 spiro atoms. The van der Waals surface area contributed by atoms with Gasteiger partial charge in [-0.05, 0) is 12.1 Å². The molecule has 16 heavy (non-hydrogen) atoms. The fourth-order valence-corrected chi connectivity index (χ4v) is 2.13. The van der Waals surface area contributed by atoms with Crippen LogP contribution in [0.2, 0.25) is 0 Å². The predicted molar refractivity (Wildman–Crippen MR) is 67.9 cm³/mol. The summed E-state index contributed by atoms with van der Waals surface area (Å²) in [5, 5.41) is 4.52. The van der Waals surface area contributed by atoms with E-state index in [0.717, 1.165) is 21.7 Å². The highest BCUT2D eigenvalue weighted by Gasteiger charge is 2.09. The standard InChI is InChI=1S/C13H10N2S/c16-13-11-8-4-5-9-15(11)14-12(13)10-6-2-1-3-7-10/h1-9,16H. The molecule has 2 heterocycles. The zero-order valence-electron chi connectivity index (χ0n) is 8.54. The molecule has 1 aromatic carbocycles. The maximum atomic E-state index is 4.54. The van der Waals surface area contributed by atoms with E-state index >= 15 is 0 Å². The SMILES string of the molecule is Sc1c(-c2ccccc2)nn2ccccc12. The zero-order valence-corrected chi connectivity index (χ0v) is 9.43. The third-order valence-corrected chi connectivity index (χ3v) is 3.00. The number of aromatic nitrogens is 2. The number of hydrogen-bond donors (Lipinski definition) is 1. The lowest BCUT2D eigenvalue weighted by atomic mass is 10.1.